The number of anilines is 1. The molecular formula is C25H31F2N3O4S. The quantitative estimate of drug-likeness (QED) is 0.562. The number of carbonyl (C=O) groups excluding carboxylic acids is 2. The maximum Gasteiger partial charge on any atom is 0.244 e. The molecular weight excluding hydrogens is 476 g/mol. The number of benzene rings is 2. The van der Waals surface area contributed by atoms with Crippen LogP contribution < -0.4 is 9.62 Å². The Morgan fingerprint density at radius 3 is 2.29 bits per heavy atom. The number of nitrogens with zero attached hydrogens (tertiary/aromatic N) is 2. The van der Waals surface area contributed by atoms with E-state index in [0.29, 0.717) is 4.31 Å². The Kier molecular flexibility index (Phi) is 8.82. The first kappa shape index (κ1) is 26.6. The highest BCUT2D eigenvalue weighted by Crippen LogP contribution is 2.22. The fourth-order valence-electron chi connectivity index (χ4n) is 4.19. The van der Waals surface area contributed by atoms with E-state index in [1.54, 1.807) is 31.2 Å². The van der Waals surface area contributed by atoms with Gasteiger partial charge in [0.25, 0.3) is 0 Å². The number of carbonyl (C=O) groups is 2. The van der Waals surface area contributed by atoms with Crippen LogP contribution in [0.15, 0.2) is 48.5 Å². The summed E-state index contributed by atoms with van der Waals surface area (Å²) in [5.41, 5.74) is 0.579. The minimum absolute atomic E-state index is 0.0436. The van der Waals surface area contributed by atoms with Crippen LogP contribution in [0.3, 0.4) is 0 Å². The van der Waals surface area contributed by atoms with Crippen molar-refractivity contribution in [2.75, 3.05) is 17.1 Å². The molecule has 1 aliphatic rings. The second kappa shape index (κ2) is 11.6. The summed E-state index contributed by atoms with van der Waals surface area (Å²) in [5, 5.41) is 3.01. The Morgan fingerprint density at radius 1 is 1.03 bits per heavy atom. The van der Waals surface area contributed by atoms with Gasteiger partial charge in [0.15, 0.2) is 11.6 Å². The molecule has 1 fully saturated rings. The fourth-order valence-corrected chi connectivity index (χ4v) is 5.03. The molecule has 2 aromatic carbocycles. The second-order valence-corrected chi connectivity index (χ2v) is 10.8. The largest absolute Gasteiger partial charge is 0.352 e. The molecule has 35 heavy (non-hydrogen) atoms. The van der Waals surface area contributed by atoms with Crippen molar-refractivity contribution in [2.45, 2.75) is 57.7 Å². The van der Waals surface area contributed by atoms with Crippen molar-refractivity contribution in [3.63, 3.8) is 0 Å². The van der Waals surface area contributed by atoms with Gasteiger partial charge in [-0.25, -0.2) is 17.2 Å². The Balaban J connectivity index is 1.86. The van der Waals surface area contributed by atoms with Gasteiger partial charge in [-0.3, -0.25) is 13.9 Å². The Morgan fingerprint density at radius 2 is 1.69 bits per heavy atom. The number of hydrogen-bond acceptors (Lipinski definition) is 4. The van der Waals surface area contributed by atoms with Crippen molar-refractivity contribution in [3.8, 4) is 0 Å². The van der Waals surface area contributed by atoms with Gasteiger partial charge in [0.2, 0.25) is 21.8 Å². The van der Waals surface area contributed by atoms with Crippen molar-refractivity contribution in [1.82, 2.24) is 10.2 Å². The SMILES string of the molecule is CC(C(=O)NC1CCCCC1)N(Cc1ccccc1)C(=O)CN(c1ccc(F)c(F)c1)S(C)(=O)=O. The van der Waals surface area contributed by atoms with Crippen molar-refractivity contribution in [3.05, 3.63) is 65.7 Å². The predicted octanol–water partition coefficient (Wildman–Crippen LogP) is 3.60. The van der Waals surface area contributed by atoms with Gasteiger partial charge in [-0.15, -0.1) is 0 Å². The highest BCUT2D eigenvalue weighted by molar-refractivity contribution is 7.92. The molecule has 1 N–H and O–H groups in total. The zero-order valence-corrected chi connectivity index (χ0v) is 20.7. The third-order valence-electron chi connectivity index (χ3n) is 6.18. The van der Waals surface area contributed by atoms with E-state index in [1.807, 2.05) is 6.07 Å². The Labute approximate surface area is 205 Å². The van der Waals surface area contributed by atoms with Crippen LogP contribution in [0.1, 0.15) is 44.6 Å². The zero-order chi connectivity index (χ0) is 25.6. The van der Waals surface area contributed by atoms with Gasteiger partial charge in [0, 0.05) is 18.7 Å². The van der Waals surface area contributed by atoms with Crippen LogP contribution >= 0.6 is 0 Å². The van der Waals surface area contributed by atoms with Crippen LogP contribution in [0.4, 0.5) is 14.5 Å². The molecule has 2 aromatic rings. The van der Waals surface area contributed by atoms with E-state index in [2.05, 4.69) is 5.32 Å². The molecule has 0 bridgehead atoms. The van der Waals surface area contributed by atoms with Crippen molar-refractivity contribution >= 4 is 27.5 Å². The summed E-state index contributed by atoms with van der Waals surface area (Å²) in [7, 11) is -4.02. The molecule has 1 saturated carbocycles. The third-order valence-corrected chi connectivity index (χ3v) is 7.33. The number of halogens is 2. The van der Waals surface area contributed by atoms with E-state index in [4.69, 9.17) is 0 Å². The predicted molar refractivity (Wildman–Crippen MR) is 130 cm³/mol. The minimum Gasteiger partial charge on any atom is -0.352 e. The van der Waals surface area contributed by atoms with Gasteiger partial charge in [-0.1, -0.05) is 49.6 Å². The molecule has 1 atom stereocenters. The molecule has 0 aliphatic heterocycles. The van der Waals surface area contributed by atoms with E-state index >= 15 is 0 Å². The first-order valence-corrected chi connectivity index (χ1v) is 13.5. The summed E-state index contributed by atoms with van der Waals surface area (Å²) < 4.78 is 52.9. The van der Waals surface area contributed by atoms with Gasteiger partial charge in [-0.2, -0.15) is 0 Å². The smallest absolute Gasteiger partial charge is 0.244 e. The first-order chi connectivity index (χ1) is 16.6. The molecule has 0 radical (unpaired) electrons. The molecule has 0 saturated heterocycles. The molecule has 0 heterocycles. The summed E-state index contributed by atoms with van der Waals surface area (Å²) in [6.45, 7) is 1.01. The third kappa shape index (κ3) is 7.24. The summed E-state index contributed by atoms with van der Waals surface area (Å²) >= 11 is 0. The maximum atomic E-state index is 13.8. The van der Waals surface area contributed by atoms with Crippen LogP contribution in [0, 0.1) is 11.6 Å². The van der Waals surface area contributed by atoms with Crippen LogP contribution in [-0.2, 0) is 26.2 Å². The molecule has 190 valence electrons. The van der Waals surface area contributed by atoms with E-state index in [0.717, 1.165) is 62.1 Å². The topological polar surface area (TPSA) is 86.8 Å². The summed E-state index contributed by atoms with van der Waals surface area (Å²) in [6.07, 6.45) is 5.83. The van der Waals surface area contributed by atoms with Crippen molar-refractivity contribution in [1.29, 1.82) is 0 Å². The molecule has 2 amide bonds. The van der Waals surface area contributed by atoms with Gasteiger partial charge in [0.1, 0.15) is 12.6 Å². The molecule has 7 nitrogen and oxygen atoms in total. The molecule has 0 aromatic heterocycles. The van der Waals surface area contributed by atoms with Crippen molar-refractivity contribution in [2.24, 2.45) is 0 Å². The summed E-state index contributed by atoms with van der Waals surface area (Å²) in [6, 6.07) is 10.8. The minimum atomic E-state index is -4.02. The molecule has 1 aliphatic carbocycles. The van der Waals surface area contributed by atoms with Crippen LogP contribution in [-0.4, -0.2) is 50.0 Å². The van der Waals surface area contributed by atoms with E-state index in [-0.39, 0.29) is 24.2 Å². The fraction of sp³-hybridized carbons (Fsp3) is 0.440. The molecule has 3 rings (SSSR count). The number of sulfonamides is 1. The lowest BCUT2D eigenvalue weighted by atomic mass is 9.95. The lowest BCUT2D eigenvalue weighted by molar-refractivity contribution is -0.139. The van der Waals surface area contributed by atoms with Gasteiger partial charge in [-0.05, 0) is 37.5 Å². The highest BCUT2D eigenvalue weighted by atomic mass is 32.2. The first-order valence-electron chi connectivity index (χ1n) is 11.6. The number of nitrogens with one attached hydrogen (secondary N) is 1. The lowest BCUT2D eigenvalue weighted by Crippen LogP contribution is -2.53. The molecule has 1 unspecified atom stereocenters. The molecule has 0 spiro atoms. The lowest BCUT2D eigenvalue weighted by Gasteiger charge is -2.33. The number of amides is 2. The summed E-state index contributed by atoms with van der Waals surface area (Å²) in [4.78, 5) is 27.8. The average Bonchev–Trinajstić information content (AvgIpc) is 2.83. The second-order valence-electron chi connectivity index (χ2n) is 8.89. The van der Waals surface area contributed by atoms with Gasteiger partial charge < -0.3 is 10.2 Å². The highest BCUT2D eigenvalue weighted by Gasteiger charge is 2.31. The summed E-state index contributed by atoms with van der Waals surface area (Å²) in [5.74, 6) is -3.33. The van der Waals surface area contributed by atoms with E-state index in [9.17, 15) is 26.8 Å². The van der Waals surface area contributed by atoms with Gasteiger partial charge in [0.05, 0.1) is 11.9 Å². The van der Waals surface area contributed by atoms with Crippen LogP contribution in [0.5, 0.6) is 0 Å². The normalized spacial score (nSPS) is 15.3. The molecule has 10 heteroatoms. The number of hydrogen-bond donors (Lipinski definition) is 1. The van der Waals surface area contributed by atoms with Gasteiger partial charge >= 0.3 is 0 Å². The van der Waals surface area contributed by atoms with Crippen LogP contribution in [0.25, 0.3) is 0 Å². The Bertz CT molecular complexity index is 1140. The average molecular weight is 508 g/mol. The maximum absolute atomic E-state index is 13.8. The number of rotatable bonds is 9. The monoisotopic (exact) mass is 507 g/mol. The Hall–Kier alpha value is -3.01. The zero-order valence-electron chi connectivity index (χ0n) is 19.9. The van der Waals surface area contributed by atoms with E-state index < -0.39 is 40.2 Å². The van der Waals surface area contributed by atoms with E-state index in [1.165, 1.54) is 4.90 Å². The standard InChI is InChI=1S/C25H31F2N3O4S/c1-18(25(32)28-20-11-7-4-8-12-20)29(16-19-9-5-3-6-10-19)24(31)17-30(35(2,33)34)21-13-14-22(26)23(27)15-21/h3,5-6,9-10,13-15,18,20H,4,7-8,11-12,16-17H2,1-2H3,(H,28,32). The van der Waals surface area contributed by atoms with Crippen molar-refractivity contribution < 1.29 is 26.8 Å². The van der Waals surface area contributed by atoms with Crippen LogP contribution in [0.2, 0.25) is 0 Å².